The predicted octanol–water partition coefficient (Wildman–Crippen LogP) is 3.57. The number of halogens is 1. The molecule has 0 atom stereocenters. The van der Waals surface area contributed by atoms with Crippen molar-refractivity contribution in [3.8, 4) is 0 Å². The number of anilines is 2. The summed E-state index contributed by atoms with van der Waals surface area (Å²) in [5.74, 6) is -0.970. The minimum Gasteiger partial charge on any atom is -0.370 e. The molecule has 0 bridgehead atoms. The third kappa shape index (κ3) is 3.47. The number of benzene rings is 2. The van der Waals surface area contributed by atoms with Gasteiger partial charge in [0.1, 0.15) is 0 Å². The maximum absolute atomic E-state index is 12.5. The zero-order valence-electron chi connectivity index (χ0n) is 15.3. The van der Waals surface area contributed by atoms with Crippen molar-refractivity contribution in [1.82, 2.24) is 4.90 Å². The van der Waals surface area contributed by atoms with Gasteiger partial charge in [-0.1, -0.05) is 23.7 Å². The largest absolute Gasteiger partial charge is 0.370 e. The number of nitrogens with one attached hydrogen (secondary N) is 1. The smallest absolute Gasteiger partial charge is 0.261 e. The minimum absolute atomic E-state index is 0.0252. The fourth-order valence-electron chi connectivity index (χ4n) is 3.71. The van der Waals surface area contributed by atoms with Crippen LogP contribution in [0, 0.1) is 0 Å². The van der Waals surface area contributed by atoms with Crippen molar-refractivity contribution in [3.05, 3.63) is 58.6 Å². The summed E-state index contributed by atoms with van der Waals surface area (Å²) in [5.41, 5.74) is 2.37. The highest BCUT2D eigenvalue weighted by atomic mass is 35.5. The zero-order valence-corrected chi connectivity index (χ0v) is 16.0. The van der Waals surface area contributed by atoms with E-state index in [4.69, 9.17) is 11.6 Å². The second kappa shape index (κ2) is 7.64. The maximum atomic E-state index is 12.5. The van der Waals surface area contributed by atoms with E-state index in [1.165, 1.54) is 0 Å². The van der Waals surface area contributed by atoms with Crippen molar-refractivity contribution in [2.75, 3.05) is 29.9 Å². The molecule has 3 amide bonds. The summed E-state index contributed by atoms with van der Waals surface area (Å²) < 4.78 is 0. The Labute approximate surface area is 168 Å². The van der Waals surface area contributed by atoms with E-state index in [0.717, 1.165) is 36.5 Å². The molecule has 1 N–H and O–H groups in total. The van der Waals surface area contributed by atoms with Crippen molar-refractivity contribution in [2.24, 2.45) is 0 Å². The summed E-state index contributed by atoms with van der Waals surface area (Å²) in [6, 6.07) is 12.2. The molecular formula is C21H20ClN3O3. The van der Waals surface area contributed by atoms with Crippen molar-refractivity contribution in [3.63, 3.8) is 0 Å². The van der Waals surface area contributed by atoms with E-state index in [0.29, 0.717) is 21.8 Å². The van der Waals surface area contributed by atoms with E-state index in [-0.39, 0.29) is 30.7 Å². The van der Waals surface area contributed by atoms with Gasteiger partial charge in [0.15, 0.2) is 0 Å². The van der Waals surface area contributed by atoms with Gasteiger partial charge in [-0.25, -0.2) is 0 Å². The first-order valence-corrected chi connectivity index (χ1v) is 9.72. The van der Waals surface area contributed by atoms with Crippen LogP contribution < -0.4 is 10.2 Å². The molecule has 0 saturated carbocycles. The summed E-state index contributed by atoms with van der Waals surface area (Å²) >= 11 is 6.11. The molecule has 2 aliphatic heterocycles. The summed E-state index contributed by atoms with van der Waals surface area (Å²) in [6.07, 6.45) is 2.27. The lowest BCUT2D eigenvalue weighted by atomic mass is 10.1. The van der Waals surface area contributed by atoms with Gasteiger partial charge in [-0.15, -0.1) is 0 Å². The molecule has 2 heterocycles. The van der Waals surface area contributed by atoms with Crippen LogP contribution in [0.4, 0.5) is 11.4 Å². The Morgan fingerprint density at radius 1 is 1.00 bits per heavy atom. The molecule has 144 valence electrons. The number of fused-ring (bicyclic) bond motifs is 1. The Kier molecular flexibility index (Phi) is 5.05. The molecule has 6 nitrogen and oxygen atoms in total. The van der Waals surface area contributed by atoms with Crippen LogP contribution in [0.5, 0.6) is 0 Å². The summed E-state index contributed by atoms with van der Waals surface area (Å²) in [4.78, 5) is 40.7. The molecule has 7 heteroatoms. The third-order valence-corrected chi connectivity index (χ3v) is 5.36. The van der Waals surface area contributed by atoms with Gasteiger partial charge in [0.2, 0.25) is 5.91 Å². The summed E-state index contributed by atoms with van der Waals surface area (Å²) in [5, 5.41) is 3.43. The fourth-order valence-corrected chi connectivity index (χ4v) is 3.88. The van der Waals surface area contributed by atoms with Crippen LogP contribution in [-0.2, 0) is 4.79 Å². The molecule has 0 radical (unpaired) electrons. The van der Waals surface area contributed by atoms with Gasteiger partial charge < -0.3 is 10.2 Å². The first-order valence-electron chi connectivity index (χ1n) is 9.34. The SMILES string of the molecule is O=C(CCN1C(=O)c2ccccc2C1=O)Nc1cc(Cl)ccc1N1CCCC1. The number of amides is 3. The number of imide groups is 1. The van der Waals surface area contributed by atoms with E-state index >= 15 is 0 Å². The van der Waals surface area contributed by atoms with Crippen LogP contribution in [-0.4, -0.2) is 42.3 Å². The predicted molar refractivity (Wildman–Crippen MR) is 108 cm³/mol. The van der Waals surface area contributed by atoms with Gasteiger partial charge in [-0.05, 0) is 43.2 Å². The van der Waals surface area contributed by atoms with E-state index < -0.39 is 0 Å². The maximum Gasteiger partial charge on any atom is 0.261 e. The van der Waals surface area contributed by atoms with Crippen LogP contribution in [0.15, 0.2) is 42.5 Å². The Morgan fingerprint density at radius 3 is 2.29 bits per heavy atom. The number of nitrogens with zero attached hydrogens (tertiary/aromatic N) is 2. The fraction of sp³-hybridized carbons (Fsp3) is 0.286. The van der Waals surface area contributed by atoms with Crippen LogP contribution in [0.2, 0.25) is 5.02 Å². The highest BCUT2D eigenvalue weighted by Crippen LogP contribution is 2.31. The molecule has 1 fully saturated rings. The molecule has 2 aliphatic rings. The average Bonchev–Trinajstić information content (AvgIpc) is 3.29. The van der Waals surface area contributed by atoms with E-state index in [2.05, 4.69) is 10.2 Å². The molecule has 0 unspecified atom stereocenters. The molecule has 2 aromatic rings. The Bertz CT molecular complexity index is 919. The van der Waals surface area contributed by atoms with Crippen LogP contribution in [0.1, 0.15) is 40.0 Å². The Hall–Kier alpha value is -2.86. The number of hydrogen-bond donors (Lipinski definition) is 1. The normalized spacial score (nSPS) is 15.9. The number of hydrogen-bond acceptors (Lipinski definition) is 4. The monoisotopic (exact) mass is 397 g/mol. The molecule has 1 saturated heterocycles. The van der Waals surface area contributed by atoms with Crippen LogP contribution in [0.3, 0.4) is 0 Å². The van der Waals surface area contributed by atoms with Gasteiger partial charge in [0, 0.05) is 31.1 Å². The number of rotatable bonds is 5. The highest BCUT2D eigenvalue weighted by molar-refractivity contribution is 6.31. The van der Waals surface area contributed by atoms with Gasteiger partial charge in [0.25, 0.3) is 11.8 Å². The molecule has 28 heavy (non-hydrogen) atoms. The van der Waals surface area contributed by atoms with Crippen LogP contribution in [0.25, 0.3) is 0 Å². The lowest BCUT2D eigenvalue weighted by Gasteiger charge is -2.22. The molecule has 0 aliphatic carbocycles. The first kappa shape index (κ1) is 18.5. The first-order chi connectivity index (χ1) is 13.5. The highest BCUT2D eigenvalue weighted by Gasteiger charge is 2.35. The quantitative estimate of drug-likeness (QED) is 0.783. The van der Waals surface area contributed by atoms with Crippen molar-refractivity contribution < 1.29 is 14.4 Å². The second-order valence-electron chi connectivity index (χ2n) is 6.96. The second-order valence-corrected chi connectivity index (χ2v) is 7.40. The van der Waals surface area contributed by atoms with Gasteiger partial charge in [-0.2, -0.15) is 0 Å². The van der Waals surface area contributed by atoms with Crippen molar-refractivity contribution in [2.45, 2.75) is 19.3 Å². The minimum atomic E-state index is -0.353. The average molecular weight is 398 g/mol. The molecule has 2 aromatic carbocycles. The van der Waals surface area contributed by atoms with E-state index in [1.807, 2.05) is 12.1 Å². The van der Waals surface area contributed by atoms with E-state index in [9.17, 15) is 14.4 Å². The van der Waals surface area contributed by atoms with Gasteiger partial charge in [0.05, 0.1) is 22.5 Å². The van der Waals surface area contributed by atoms with Crippen molar-refractivity contribution >= 4 is 40.7 Å². The van der Waals surface area contributed by atoms with Crippen molar-refractivity contribution in [1.29, 1.82) is 0 Å². The van der Waals surface area contributed by atoms with Crippen LogP contribution >= 0.6 is 11.6 Å². The molecule has 0 spiro atoms. The molecule has 4 rings (SSSR count). The third-order valence-electron chi connectivity index (χ3n) is 5.12. The lowest BCUT2D eigenvalue weighted by Crippen LogP contribution is -2.33. The zero-order chi connectivity index (χ0) is 19.7. The van der Waals surface area contributed by atoms with Gasteiger partial charge >= 0.3 is 0 Å². The lowest BCUT2D eigenvalue weighted by molar-refractivity contribution is -0.116. The molecule has 0 aromatic heterocycles. The van der Waals surface area contributed by atoms with E-state index in [1.54, 1.807) is 30.3 Å². The number of carbonyl (C=O) groups is 3. The number of carbonyl (C=O) groups excluding carboxylic acids is 3. The topological polar surface area (TPSA) is 69.7 Å². The molecular weight excluding hydrogens is 378 g/mol. The Balaban J connectivity index is 1.43. The standard InChI is InChI=1S/C21H20ClN3O3/c22-14-7-8-18(24-10-3-4-11-24)17(13-14)23-19(26)9-12-25-20(27)15-5-1-2-6-16(15)21(25)28/h1-2,5-8,13H,3-4,9-12H2,(H,23,26). The Morgan fingerprint density at radius 2 is 1.64 bits per heavy atom. The van der Waals surface area contributed by atoms with Gasteiger partial charge in [-0.3, -0.25) is 19.3 Å². The summed E-state index contributed by atoms with van der Waals surface area (Å²) in [6.45, 7) is 1.93. The summed E-state index contributed by atoms with van der Waals surface area (Å²) in [7, 11) is 0.